The highest BCUT2D eigenvalue weighted by atomic mass is 16.4. The summed E-state index contributed by atoms with van der Waals surface area (Å²) in [6.45, 7) is 7.43. The lowest BCUT2D eigenvalue weighted by Gasteiger charge is -2.31. The number of carbonyl (C=O) groups is 1. The molecule has 1 atom stereocenters. The molecule has 1 aromatic rings. The first-order valence-corrected chi connectivity index (χ1v) is 8.12. The Morgan fingerprint density at radius 3 is 2.71 bits per heavy atom. The van der Waals surface area contributed by atoms with E-state index in [0.29, 0.717) is 12.0 Å². The molecule has 0 bridgehead atoms. The first-order valence-electron chi connectivity index (χ1n) is 8.12. The molecule has 1 aromatic heterocycles. The molecule has 0 saturated carbocycles. The van der Waals surface area contributed by atoms with Crippen molar-refractivity contribution in [1.29, 1.82) is 0 Å². The molecule has 21 heavy (non-hydrogen) atoms. The fourth-order valence-corrected chi connectivity index (χ4v) is 3.76. The maximum absolute atomic E-state index is 11.5. The van der Waals surface area contributed by atoms with Gasteiger partial charge in [-0.15, -0.1) is 0 Å². The minimum atomic E-state index is -0.879. The van der Waals surface area contributed by atoms with E-state index < -0.39 is 5.97 Å². The van der Waals surface area contributed by atoms with Crippen molar-refractivity contribution in [2.75, 3.05) is 13.1 Å². The second-order valence-corrected chi connectivity index (χ2v) is 6.79. The molecule has 0 spiro atoms. The van der Waals surface area contributed by atoms with Crippen molar-refractivity contribution in [3.05, 3.63) is 17.0 Å². The number of aromatic nitrogens is 2. The Kier molecular flexibility index (Phi) is 4.02. The van der Waals surface area contributed by atoms with E-state index in [1.807, 2.05) is 4.68 Å². The quantitative estimate of drug-likeness (QED) is 0.924. The Hall–Kier alpha value is -1.36. The molecule has 0 aromatic carbocycles. The average Bonchev–Trinajstić information content (AvgIpc) is 3.05. The lowest BCUT2D eigenvalue weighted by molar-refractivity contribution is 0.0687. The van der Waals surface area contributed by atoms with Crippen molar-refractivity contribution in [2.24, 2.45) is 5.92 Å². The molecule has 1 aliphatic heterocycles. The van der Waals surface area contributed by atoms with Gasteiger partial charge in [0.1, 0.15) is 0 Å². The number of hydrogen-bond acceptors (Lipinski definition) is 3. The third-order valence-corrected chi connectivity index (χ3v) is 4.72. The molecule has 0 radical (unpaired) electrons. The van der Waals surface area contributed by atoms with Crippen LogP contribution in [0.25, 0.3) is 0 Å². The summed E-state index contributed by atoms with van der Waals surface area (Å²) >= 11 is 0. The minimum Gasteiger partial charge on any atom is -0.476 e. The summed E-state index contributed by atoms with van der Waals surface area (Å²) in [6, 6.07) is 0.509. The maximum atomic E-state index is 11.5. The Morgan fingerprint density at radius 2 is 2.10 bits per heavy atom. The van der Waals surface area contributed by atoms with E-state index in [1.165, 1.54) is 25.9 Å². The normalized spacial score (nSPS) is 22.7. The number of rotatable bonds is 4. The first kappa shape index (κ1) is 14.6. The van der Waals surface area contributed by atoms with Crippen LogP contribution in [0.15, 0.2) is 0 Å². The van der Waals surface area contributed by atoms with Crippen LogP contribution in [0.4, 0.5) is 0 Å². The van der Waals surface area contributed by atoms with E-state index in [1.54, 1.807) is 0 Å². The lowest BCUT2D eigenvalue weighted by Crippen LogP contribution is -2.37. The standard InChI is InChI=1S/C16H25N3O2/c1-11(2)10-19-14-6-5-12(18-7-3-4-8-18)9-13(14)15(17-19)16(20)21/h11-12H,3-10H2,1-2H3,(H,20,21). The van der Waals surface area contributed by atoms with Gasteiger partial charge in [-0.2, -0.15) is 5.10 Å². The highest BCUT2D eigenvalue weighted by Crippen LogP contribution is 2.29. The molecule has 5 nitrogen and oxygen atoms in total. The predicted molar refractivity (Wildman–Crippen MR) is 80.6 cm³/mol. The van der Waals surface area contributed by atoms with Crippen molar-refractivity contribution in [2.45, 2.75) is 58.5 Å². The van der Waals surface area contributed by atoms with Crippen LogP contribution >= 0.6 is 0 Å². The van der Waals surface area contributed by atoms with Gasteiger partial charge in [0.15, 0.2) is 5.69 Å². The van der Waals surface area contributed by atoms with Gasteiger partial charge in [0.25, 0.3) is 0 Å². The summed E-state index contributed by atoms with van der Waals surface area (Å²) in [4.78, 5) is 14.0. The molecule has 0 amide bonds. The van der Waals surface area contributed by atoms with Gasteiger partial charge in [-0.1, -0.05) is 13.8 Å². The molecule has 2 aliphatic rings. The van der Waals surface area contributed by atoms with Crippen LogP contribution in [0, 0.1) is 5.92 Å². The predicted octanol–water partition coefficient (Wildman–Crippen LogP) is 2.19. The van der Waals surface area contributed by atoms with E-state index in [0.717, 1.165) is 37.1 Å². The molecule has 1 saturated heterocycles. The SMILES string of the molecule is CC(C)Cn1nc(C(=O)O)c2c1CCC(N1CCCC1)C2. The fraction of sp³-hybridized carbons (Fsp3) is 0.750. The van der Waals surface area contributed by atoms with E-state index in [4.69, 9.17) is 0 Å². The number of fused-ring (bicyclic) bond motifs is 1. The van der Waals surface area contributed by atoms with Crippen molar-refractivity contribution in [3.63, 3.8) is 0 Å². The van der Waals surface area contributed by atoms with E-state index in [-0.39, 0.29) is 5.69 Å². The van der Waals surface area contributed by atoms with Crippen LogP contribution in [-0.2, 0) is 19.4 Å². The number of carboxylic acid groups (broad SMARTS) is 1. The van der Waals surface area contributed by atoms with Crippen LogP contribution in [0.2, 0.25) is 0 Å². The Bertz CT molecular complexity index is 530. The second-order valence-electron chi connectivity index (χ2n) is 6.79. The molecule has 2 heterocycles. The monoisotopic (exact) mass is 291 g/mol. The third kappa shape index (κ3) is 2.84. The molecule has 116 valence electrons. The zero-order valence-corrected chi connectivity index (χ0v) is 13.0. The van der Waals surface area contributed by atoms with Gasteiger partial charge in [-0.05, 0) is 51.1 Å². The molecule has 1 aliphatic carbocycles. The van der Waals surface area contributed by atoms with E-state index in [9.17, 15) is 9.90 Å². The zero-order chi connectivity index (χ0) is 15.0. The van der Waals surface area contributed by atoms with Gasteiger partial charge in [0.2, 0.25) is 0 Å². The molecule has 1 unspecified atom stereocenters. The number of nitrogens with zero attached hydrogens (tertiary/aromatic N) is 3. The summed E-state index contributed by atoms with van der Waals surface area (Å²) in [6.07, 6.45) is 5.51. The van der Waals surface area contributed by atoms with Gasteiger partial charge < -0.3 is 10.0 Å². The number of aromatic carboxylic acids is 1. The Balaban J connectivity index is 1.88. The summed E-state index contributed by atoms with van der Waals surface area (Å²) in [7, 11) is 0. The highest BCUT2D eigenvalue weighted by Gasteiger charge is 2.32. The van der Waals surface area contributed by atoms with Gasteiger partial charge in [-0.3, -0.25) is 4.68 Å². The second kappa shape index (κ2) is 5.79. The summed E-state index contributed by atoms with van der Waals surface area (Å²) in [5.41, 5.74) is 2.44. The number of carboxylic acids is 1. The van der Waals surface area contributed by atoms with Crippen LogP contribution in [0.5, 0.6) is 0 Å². The van der Waals surface area contributed by atoms with Crippen LogP contribution in [0.3, 0.4) is 0 Å². The minimum absolute atomic E-state index is 0.287. The maximum Gasteiger partial charge on any atom is 0.356 e. The first-order chi connectivity index (χ1) is 10.1. The van der Waals surface area contributed by atoms with Crippen molar-refractivity contribution < 1.29 is 9.90 Å². The average molecular weight is 291 g/mol. The highest BCUT2D eigenvalue weighted by molar-refractivity contribution is 5.87. The summed E-state index contributed by atoms with van der Waals surface area (Å²) in [5, 5.41) is 13.8. The smallest absolute Gasteiger partial charge is 0.356 e. The lowest BCUT2D eigenvalue weighted by atomic mass is 9.90. The van der Waals surface area contributed by atoms with Crippen molar-refractivity contribution in [3.8, 4) is 0 Å². The Morgan fingerprint density at radius 1 is 1.38 bits per heavy atom. The van der Waals surface area contributed by atoms with E-state index >= 15 is 0 Å². The summed E-state index contributed by atoms with van der Waals surface area (Å²) in [5.74, 6) is -0.400. The Labute approximate surface area is 125 Å². The molecular formula is C16H25N3O2. The molecule has 3 rings (SSSR count). The third-order valence-electron chi connectivity index (χ3n) is 4.72. The van der Waals surface area contributed by atoms with E-state index in [2.05, 4.69) is 23.8 Å². The molecular weight excluding hydrogens is 266 g/mol. The van der Waals surface area contributed by atoms with Crippen molar-refractivity contribution >= 4 is 5.97 Å². The largest absolute Gasteiger partial charge is 0.476 e. The summed E-state index contributed by atoms with van der Waals surface area (Å²) < 4.78 is 1.95. The zero-order valence-electron chi connectivity index (χ0n) is 13.0. The van der Waals surface area contributed by atoms with Gasteiger partial charge in [0, 0.05) is 23.8 Å². The molecule has 1 N–H and O–H groups in total. The number of likely N-dealkylation sites (tertiary alicyclic amines) is 1. The van der Waals surface area contributed by atoms with Crippen LogP contribution < -0.4 is 0 Å². The van der Waals surface area contributed by atoms with Crippen molar-refractivity contribution in [1.82, 2.24) is 14.7 Å². The fourth-order valence-electron chi connectivity index (χ4n) is 3.76. The van der Waals surface area contributed by atoms with Crippen LogP contribution in [0.1, 0.15) is 54.9 Å². The topological polar surface area (TPSA) is 58.4 Å². The molecule has 5 heteroatoms. The number of hydrogen-bond donors (Lipinski definition) is 1. The van der Waals surface area contributed by atoms with Gasteiger partial charge >= 0.3 is 5.97 Å². The van der Waals surface area contributed by atoms with Crippen LogP contribution in [-0.4, -0.2) is 44.9 Å². The molecule has 1 fully saturated rings. The van der Waals surface area contributed by atoms with Gasteiger partial charge in [-0.25, -0.2) is 4.79 Å². The van der Waals surface area contributed by atoms with Gasteiger partial charge in [0.05, 0.1) is 0 Å².